The van der Waals surface area contributed by atoms with E-state index < -0.39 is 22.1 Å². The van der Waals surface area contributed by atoms with Crippen molar-refractivity contribution in [2.24, 2.45) is 0 Å². The van der Waals surface area contributed by atoms with Crippen molar-refractivity contribution >= 4 is 32.7 Å². The molecule has 1 fully saturated rings. The number of sulfonamides is 1. The van der Waals surface area contributed by atoms with Crippen molar-refractivity contribution < 1.29 is 27.1 Å². The van der Waals surface area contributed by atoms with Crippen LogP contribution in [0.3, 0.4) is 0 Å². The third kappa shape index (κ3) is 6.37. The van der Waals surface area contributed by atoms with Gasteiger partial charge < -0.3 is 15.2 Å². The number of carbonyl (C=O) groups excluding carboxylic acids is 1. The first-order valence-corrected chi connectivity index (χ1v) is 14.7. The van der Waals surface area contributed by atoms with E-state index in [-0.39, 0.29) is 42.8 Å². The zero-order valence-electron chi connectivity index (χ0n) is 21.9. The van der Waals surface area contributed by atoms with Gasteiger partial charge in [0.1, 0.15) is 29.9 Å². The van der Waals surface area contributed by atoms with Crippen LogP contribution in [0.15, 0.2) is 66.9 Å². The van der Waals surface area contributed by atoms with Crippen LogP contribution in [-0.4, -0.2) is 54.1 Å². The van der Waals surface area contributed by atoms with Crippen molar-refractivity contribution in [3.05, 3.63) is 95.1 Å². The number of hydrogen-bond acceptors (Lipinski definition) is 8. The molecule has 4 aromatic rings. The maximum Gasteiger partial charge on any atom is 0.361 e. The third-order valence-electron chi connectivity index (χ3n) is 6.77. The normalized spacial score (nSPS) is 14.8. The van der Waals surface area contributed by atoms with Gasteiger partial charge in [-0.3, -0.25) is 4.98 Å². The summed E-state index contributed by atoms with van der Waals surface area (Å²) < 4.78 is 50.2. The van der Waals surface area contributed by atoms with Crippen molar-refractivity contribution in [3.8, 4) is 5.75 Å². The van der Waals surface area contributed by atoms with Crippen molar-refractivity contribution in [3.63, 3.8) is 0 Å². The molecule has 5 rings (SSSR count). The second-order valence-corrected chi connectivity index (χ2v) is 11.7. The summed E-state index contributed by atoms with van der Waals surface area (Å²) >= 11 is 0. The number of aromatic nitrogens is 2. The maximum atomic E-state index is 13.3. The SMILES string of the molecule is CS(=O)(=O)N1CCC(OC(=O)c2nc(N)c3cc(Cc4ccc(F)cc4)cnc3c2OCc2ccccc2)CC1. The first-order valence-electron chi connectivity index (χ1n) is 12.8. The van der Waals surface area contributed by atoms with Crippen molar-refractivity contribution in [1.82, 2.24) is 14.3 Å². The molecule has 9 nitrogen and oxygen atoms in total. The van der Waals surface area contributed by atoms with Crippen molar-refractivity contribution in [2.45, 2.75) is 32.0 Å². The van der Waals surface area contributed by atoms with Gasteiger partial charge in [-0.15, -0.1) is 0 Å². The molecular weight excluding hydrogens is 535 g/mol. The fraction of sp³-hybridized carbons (Fsp3) is 0.276. The number of fused-ring (bicyclic) bond motifs is 1. The average Bonchev–Trinajstić information content (AvgIpc) is 2.94. The molecule has 2 aromatic heterocycles. The Morgan fingerprint density at radius 2 is 1.75 bits per heavy atom. The standard InChI is InChI=1S/C29H29FN4O5S/c1-40(36,37)34-13-11-23(12-14-34)39-29(35)26-27(38-18-20-5-3-2-4-6-20)25-24(28(31)33-26)16-21(17-32-25)15-19-7-9-22(30)10-8-19/h2-10,16-17,23H,11-15,18H2,1H3,(H2,31,33). The number of hydrogen-bond donors (Lipinski definition) is 1. The summed E-state index contributed by atoms with van der Waals surface area (Å²) in [5.41, 5.74) is 9.20. The van der Waals surface area contributed by atoms with Crippen LogP contribution < -0.4 is 10.5 Å². The van der Waals surface area contributed by atoms with E-state index in [9.17, 15) is 17.6 Å². The Kier molecular flexibility index (Phi) is 7.95. The molecule has 1 aliphatic heterocycles. The largest absolute Gasteiger partial charge is 0.484 e. The first-order chi connectivity index (χ1) is 19.2. The Bertz CT molecular complexity index is 1620. The van der Waals surface area contributed by atoms with Gasteiger partial charge in [0, 0.05) is 24.7 Å². The Morgan fingerprint density at radius 1 is 1.05 bits per heavy atom. The highest BCUT2D eigenvalue weighted by molar-refractivity contribution is 7.88. The number of rotatable bonds is 8. The molecule has 2 N–H and O–H groups in total. The Labute approximate surface area is 231 Å². The number of carbonyl (C=O) groups is 1. The molecule has 1 aliphatic rings. The quantitative estimate of drug-likeness (QED) is 0.317. The maximum absolute atomic E-state index is 13.3. The number of ether oxygens (including phenoxy) is 2. The topological polar surface area (TPSA) is 125 Å². The number of pyridine rings is 2. The Morgan fingerprint density at radius 3 is 2.42 bits per heavy atom. The van der Waals surface area contributed by atoms with Crippen LogP contribution >= 0.6 is 0 Å². The van der Waals surface area contributed by atoms with E-state index in [0.717, 1.165) is 22.9 Å². The Balaban J connectivity index is 1.44. The summed E-state index contributed by atoms with van der Waals surface area (Å²) in [6, 6.07) is 17.5. The smallest absolute Gasteiger partial charge is 0.361 e. The summed E-state index contributed by atoms with van der Waals surface area (Å²) in [6.45, 7) is 0.688. The molecule has 0 unspecified atom stereocenters. The fourth-order valence-electron chi connectivity index (χ4n) is 4.66. The number of benzene rings is 2. The minimum absolute atomic E-state index is 0.0920. The van der Waals surface area contributed by atoms with E-state index in [2.05, 4.69) is 9.97 Å². The van der Waals surface area contributed by atoms with Gasteiger partial charge in [-0.2, -0.15) is 0 Å². The predicted molar refractivity (Wildman–Crippen MR) is 149 cm³/mol. The summed E-state index contributed by atoms with van der Waals surface area (Å²) in [7, 11) is -3.31. The highest BCUT2D eigenvalue weighted by Gasteiger charge is 2.30. The van der Waals surface area contributed by atoms with Crippen LogP contribution in [0.25, 0.3) is 10.9 Å². The second kappa shape index (κ2) is 11.6. The van der Waals surface area contributed by atoms with Gasteiger partial charge in [-0.1, -0.05) is 42.5 Å². The number of nitrogens with zero attached hydrogens (tertiary/aromatic N) is 3. The fourth-order valence-corrected chi connectivity index (χ4v) is 5.53. The van der Waals surface area contributed by atoms with E-state index in [4.69, 9.17) is 15.2 Å². The van der Waals surface area contributed by atoms with E-state index >= 15 is 0 Å². The summed E-state index contributed by atoms with van der Waals surface area (Å²) in [5, 5.41) is 0.515. The lowest BCUT2D eigenvalue weighted by Crippen LogP contribution is -2.40. The lowest BCUT2D eigenvalue weighted by atomic mass is 10.0. The van der Waals surface area contributed by atoms with E-state index in [1.54, 1.807) is 18.3 Å². The molecule has 11 heteroatoms. The molecule has 0 spiro atoms. The lowest BCUT2D eigenvalue weighted by Gasteiger charge is -2.29. The van der Waals surface area contributed by atoms with E-state index in [1.807, 2.05) is 36.4 Å². The van der Waals surface area contributed by atoms with Crippen molar-refractivity contribution in [1.29, 1.82) is 0 Å². The summed E-state index contributed by atoms with van der Waals surface area (Å²) in [5.74, 6) is -0.782. The molecule has 2 aromatic carbocycles. The molecule has 208 valence electrons. The highest BCUT2D eigenvalue weighted by Crippen LogP contribution is 2.33. The third-order valence-corrected chi connectivity index (χ3v) is 8.07. The van der Waals surface area contributed by atoms with Gasteiger partial charge in [0.2, 0.25) is 10.0 Å². The van der Waals surface area contributed by atoms with Crippen LogP contribution in [0, 0.1) is 5.82 Å². The number of esters is 1. The zero-order chi connectivity index (χ0) is 28.3. The highest BCUT2D eigenvalue weighted by atomic mass is 32.2. The van der Waals surface area contributed by atoms with Crippen LogP contribution in [0.1, 0.15) is 40.0 Å². The van der Waals surface area contributed by atoms with Gasteiger partial charge in [-0.05, 0) is 54.2 Å². The molecule has 0 amide bonds. The molecule has 0 saturated carbocycles. The molecule has 0 bridgehead atoms. The summed E-state index contributed by atoms with van der Waals surface area (Å²) in [4.78, 5) is 22.3. The molecule has 1 saturated heterocycles. The van der Waals surface area contributed by atoms with Crippen LogP contribution in [0.4, 0.5) is 10.2 Å². The van der Waals surface area contributed by atoms with Crippen LogP contribution in [-0.2, 0) is 27.8 Å². The number of piperidine rings is 1. The Hall–Kier alpha value is -4.09. The zero-order valence-corrected chi connectivity index (χ0v) is 22.7. The number of halogens is 1. The molecule has 0 radical (unpaired) electrons. The minimum Gasteiger partial charge on any atom is -0.484 e. The second-order valence-electron chi connectivity index (χ2n) is 9.76. The van der Waals surface area contributed by atoms with E-state index in [0.29, 0.717) is 30.2 Å². The average molecular weight is 565 g/mol. The molecule has 3 heterocycles. The van der Waals surface area contributed by atoms with Gasteiger partial charge in [0.25, 0.3) is 0 Å². The molecular formula is C29H29FN4O5S. The van der Waals surface area contributed by atoms with Crippen LogP contribution in [0.5, 0.6) is 5.75 Å². The monoisotopic (exact) mass is 564 g/mol. The van der Waals surface area contributed by atoms with Crippen molar-refractivity contribution in [2.75, 3.05) is 25.1 Å². The van der Waals surface area contributed by atoms with E-state index in [1.165, 1.54) is 16.4 Å². The van der Waals surface area contributed by atoms with Gasteiger partial charge in [0.05, 0.1) is 6.26 Å². The molecule has 0 atom stereocenters. The van der Waals surface area contributed by atoms with Gasteiger partial charge in [0.15, 0.2) is 11.4 Å². The lowest BCUT2D eigenvalue weighted by molar-refractivity contribution is 0.0171. The minimum atomic E-state index is -3.31. The summed E-state index contributed by atoms with van der Waals surface area (Å²) in [6.07, 6.45) is 3.59. The number of anilines is 1. The first kappa shape index (κ1) is 27.5. The van der Waals surface area contributed by atoms with Gasteiger partial charge >= 0.3 is 5.97 Å². The van der Waals surface area contributed by atoms with Crippen LogP contribution in [0.2, 0.25) is 0 Å². The predicted octanol–water partition coefficient (Wildman–Crippen LogP) is 4.10. The molecule has 40 heavy (non-hydrogen) atoms. The number of nitrogen functional groups attached to an aromatic ring is 1. The molecule has 0 aliphatic carbocycles. The van der Waals surface area contributed by atoms with Gasteiger partial charge in [-0.25, -0.2) is 26.9 Å². The number of nitrogens with two attached hydrogens (primary N) is 1.